The Bertz CT molecular complexity index is 163. The molecule has 4 heteroatoms. The summed E-state index contributed by atoms with van der Waals surface area (Å²) in [5, 5.41) is 0. The molecule has 0 unspecified atom stereocenters. The summed E-state index contributed by atoms with van der Waals surface area (Å²) in [6.07, 6.45) is 3.14. The topological polar surface area (TPSA) is 32.7 Å². The van der Waals surface area contributed by atoms with Gasteiger partial charge in [-0.25, -0.2) is 0 Å². The first kappa shape index (κ1) is 8.94. The third kappa shape index (κ3) is 3.89. The molecule has 0 rings (SSSR count). The first-order valence-corrected chi connectivity index (χ1v) is 2.78. The van der Waals surface area contributed by atoms with Crippen LogP contribution in [0.5, 0.6) is 0 Å². The number of carbonyl (C=O) groups excluding carboxylic acids is 1. The molecule has 2 radical (unpaired) electrons. The number of carbonyl (C=O) groups is 1. The summed E-state index contributed by atoms with van der Waals surface area (Å²) in [7, 11) is 9.00. The van der Waals surface area contributed by atoms with Crippen molar-refractivity contribution in [2.24, 2.45) is 4.99 Å². The first-order chi connectivity index (χ1) is 4.68. The van der Waals surface area contributed by atoms with E-state index in [1.165, 1.54) is 6.20 Å². The van der Waals surface area contributed by atoms with Crippen molar-refractivity contribution >= 4 is 20.3 Å². The van der Waals surface area contributed by atoms with E-state index in [1.54, 1.807) is 19.0 Å². The summed E-state index contributed by atoms with van der Waals surface area (Å²) in [6.45, 7) is 0. The minimum absolute atomic E-state index is 0.512. The van der Waals surface area contributed by atoms with Gasteiger partial charge < -0.3 is 4.90 Å². The molecule has 3 nitrogen and oxygen atoms in total. The van der Waals surface area contributed by atoms with Crippen LogP contribution in [0.2, 0.25) is 0 Å². The summed E-state index contributed by atoms with van der Waals surface area (Å²) >= 11 is 0. The lowest BCUT2D eigenvalue weighted by molar-refractivity contribution is -0.102. The van der Waals surface area contributed by atoms with E-state index in [0.29, 0.717) is 11.9 Å². The zero-order valence-corrected chi connectivity index (χ0v) is 6.11. The molecule has 0 amide bonds. The van der Waals surface area contributed by atoms with Crippen LogP contribution in [-0.4, -0.2) is 39.3 Å². The van der Waals surface area contributed by atoms with Crippen molar-refractivity contribution in [2.45, 2.75) is 0 Å². The van der Waals surface area contributed by atoms with Gasteiger partial charge in [0.1, 0.15) is 7.85 Å². The summed E-state index contributed by atoms with van der Waals surface area (Å²) in [5.41, 5.74) is 0.512. The summed E-state index contributed by atoms with van der Waals surface area (Å²) in [4.78, 5) is 15.0. The van der Waals surface area contributed by atoms with Crippen LogP contribution in [0, 0.1) is 0 Å². The normalized spacial score (nSPS) is 12.0. The second-order valence-electron chi connectivity index (χ2n) is 1.88. The van der Waals surface area contributed by atoms with Gasteiger partial charge in [-0.05, 0) is 5.60 Å². The molecule has 0 aromatic rings. The number of hydrogen-bond acceptors (Lipinski definition) is 3. The molecule has 0 aliphatic heterocycles. The predicted octanol–water partition coefficient (Wildman–Crippen LogP) is -0.215. The maximum Gasteiger partial charge on any atom is 0.161 e. The van der Waals surface area contributed by atoms with Crippen molar-refractivity contribution in [3.63, 3.8) is 0 Å². The SMILES string of the molecule is [B]/C(=C/N=CC=O)N(C)C. The quantitative estimate of drug-likeness (QED) is 0.305. The number of aliphatic imine (C=N–C) groups is 1. The summed E-state index contributed by atoms with van der Waals surface area (Å²) in [5.74, 6) is 0. The van der Waals surface area contributed by atoms with Gasteiger partial charge in [-0.2, -0.15) is 0 Å². The largest absolute Gasteiger partial charge is 0.389 e. The smallest absolute Gasteiger partial charge is 0.161 e. The van der Waals surface area contributed by atoms with Gasteiger partial charge in [0.25, 0.3) is 0 Å². The third-order valence-electron chi connectivity index (χ3n) is 0.870. The Morgan fingerprint density at radius 2 is 2.20 bits per heavy atom. The lowest BCUT2D eigenvalue weighted by Crippen LogP contribution is -2.10. The maximum absolute atomic E-state index is 9.72. The fraction of sp³-hybridized carbons (Fsp3) is 0.333. The molecule has 0 fully saturated rings. The molecule has 0 N–H and O–H groups in total. The van der Waals surface area contributed by atoms with Gasteiger partial charge in [-0.15, -0.1) is 0 Å². The average Bonchev–Trinajstić information content (AvgIpc) is 1.88. The highest BCUT2D eigenvalue weighted by Crippen LogP contribution is 1.89. The minimum Gasteiger partial charge on any atom is -0.389 e. The zero-order valence-electron chi connectivity index (χ0n) is 6.11. The van der Waals surface area contributed by atoms with Crippen LogP contribution >= 0.6 is 0 Å². The molecule has 0 aliphatic rings. The van der Waals surface area contributed by atoms with E-state index in [9.17, 15) is 4.79 Å². The fourth-order valence-corrected chi connectivity index (χ4v) is 0.270. The second-order valence-corrected chi connectivity index (χ2v) is 1.88. The van der Waals surface area contributed by atoms with Crippen LogP contribution in [-0.2, 0) is 4.79 Å². The molecule has 0 heterocycles. The van der Waals surface area contributed by atoms with Crippen LogP contribution in [0.15, 0.2) is 16.8 Å². The molecule has 0 bridgehead atoms. The molecule has 0 saturated carbocycles. The van der Waals surface area contributed by atoms with Crippen molar-refractivity contribution in [3.05, 3.63) is 11.8 Å². The van der Waals surface area contributed by atoms with Gasteiger partial charge in [-0.1, -0.05) is 0 Å². The van der Waals surface area contributed by atoms with Crippen molar-refractivity contribution in [3.8, 4) is 0 Å². The number of hydrogen-bond donors (Lipinski definition) is 0. The molecule has 52 valence electrons. The van der Waals surface area contributed by atoms with E-state index in [4.69, 9.17) is 7.85 Å². The molecule has 0 saturated heterocycles. The van der Waals surface area contributed by atoms with Crippen LogP contribution in [0.1, 0.15) is 0 Å². The van der Waals surface area contributed by atoms with Gasteiger partial charge in [0, 0.05) is 20.3 Å². The van der Waals surface area contributed by atoms with Crippen molar-refractivity contribution in [1.29, 1.82) is 0 Å². The highest BCUT2D eigenvalue weighted by atomic mass is 16.1. The van der Waals surface area contributed by atoms with Gasteiger partial charge in [0.05, 0.1) is 6.21 Å². The standard InChI is InChI=1S/C6H9BN2O/c1-9(2)6(7)5-8-3-4-10/h3-5H,1-2H3/b6-5-,8-3?. The third-order valence-corrected chi connectivity index (χ3v) is 0.870. The Morgan fingerprint density at radius 1 is 1.60 bits per heavy atom. The zero-order chi connectivity index (χ0) is 7.98. The van der Waals surface area contributed by atoms with E-state index in [-0.39, 0.29) is 0 Å². The number of nitrogens with zero attached hydrogens (tertiary/aromatic N) is 2. The van der Waals surface area contributed by atoms with Crippen LogP contribution in [0.3, 0.4) is 0 Å². The van der Waals surface area contributed by atoms with Crippen molar-refractivity contribution in [1.82, 2.24) is 4.90 Å². The maximum atomic E-state index is 9.72. The van der Waals surface area contributed by atoms with Gasteiger partial charge in [-0.3, -0.25) is 9.79 Å². The van der Waals surface area contributed by atoms with E-state index in [0.717, 1.165) is 6.21 Å². The Kier molecular flexibility index (Phi) is 4.28. The van der Waals surface area contributed by atoms with Gasteiger partial charge in [0.15, 0.2) is 6.29 Å². The van der Waals surface area contributed by atoms with E-state index >= 15 is 0 Å². The predicted molar refractivity (Wildman–Crippen MR) is 42.1 cm³/mol. The highest BCUT2D eigenvalue weighted by molar-refractivity contribution is 6.21. The Morgan fingerprint density at radius 3 is 2.60 bits per heavy atom. The van der Waals surface area contributed by atoms with Crippen LogP contribution in [0.25, 0.3) is 0 Å². The number of rotatable bonds is 3. The Balaban J connectivity index is 3.91. The minimum atomic E-state index is 0.512. The lowest BCUT2D eigenvalue weighted by atomic mass is 10.1. The Labute approximate surface area is 61.8 Å². The van der Waals surface area contributed by atoms with Crippen molar-refractivity contribution in [2.75, 3.05) is 14.1 Å². The Hall–Kier alpha value is -1.06. The van der Waals surface area contributed by atoms with Crippen LogP contribution < -0.4 is 0 Å². The molecular weight excluding hydrogens is 127 g/mol. The van der Waals surface area contributed by atoms with E-state index < -0.39 is 0 Å². The number of aldehydes is 1. The fourth-order valence-electron chi connectivity index (χ4n) is 0.270. The second kappa shape index (κ2) is 4.79. The van der Waals surface area contributed by atoms with Gasteiger partial charge >= 0.3 is 0 Å². The molecular formula is C6H9BN2O. The van der Waals surface area contributed by atoms with Crippen molar-refractivity contribution < 1.29 is 4.79 Å². The summed E-state index contributed by atoms with van der Waals surface area (Å²) < 4.78 is 0. The molecule has 0 aromatic heterocycles. The molecule has 0 spiro atoms. The van der Waals surface area contributed by atoms with Crippen LogP contribution in [0.4, 0.5) is 0 Å². The van der Waals surface area contributed by atoms with E-state index in [2.05, 4.69) is 4.99 Å². The highest BCUT2D eigenvalue weighted by Gasteiger charge is 1.85. The van der Waals surface area contributed by atoms with E-state index in [1.807, 2.05) is 0 Å². The molecule has 0 atom stereocenters. The first-order valence-electron chi connectivity index (χ1n) is 2.78. The monoisotopic (exact) mass is 136 g/mol. The molecule has 10 heavy (non-hydrogen) atoms. The summed E-state index contributed by atoms with van der Waals surface area (Å²) in [6, 6.07) is 0. The average molecular weight is 136 g/mol. The lowest BCUT2D eigenvalue weighted by Gasteiger charge is -2.10. The molecule has 0 aromatic carbocycles. The van der Waals surface area contributed by atoms with Gasteiger partial charge in [0.2, 0.25) is 0 Å². The molecule has 0 aliphatic carbocycles.